The Bertz CT molecular complexity index is 386. The minimum atomic E-state index is 0.769. The van der Waals surface area contributed by atoms with Crippen LogP contribution in [0.1, 0.15) is 31.2 Å². The van der Waals surface area contributed by atoms with Crippen LogP contribution in [-0.2, 0) is 6.54 Å². The summed E-state index contributed by atoms with van der Waals surface area (Å²) in [5.74, 6) is 1.60. The quantitative estimate of drug-likeness (QED) is 0.894. The highest BCUT2D eigenvalue weighted by molar-refractivity contribution is 6.31. The van der Waals surface area contributed by atoms with Gasteiger partial charge in [0.1, 0.15) is 0 Å². The molecular formula is C16H25ClN2. The average Bonchev–Trinajstić information content (AvgIpc) is 2.42. The molecular weight excluding hydrogens is 256 g/mol. The topological polar surface area (TPSA) is 29.3 Å². The van der Waals surface area contributed by atoms with E-state index in [2.05, 4.69) is 24.1 Å². The van der Waals surface area contributed by atoms with Crippen LogP contribution in [0.2, 0.25) is 5.02 Å². The summed E-state index contributed by atoms with van der Waals surface area (Å²) in [6, 6.07) is 8.13. The summed E-state index contributed by atoms with van der Waals surface area (Å²) in [4.78, 5) is 2.40. The molecule has 2 rings (SSSR count). The second-order valence-corrected chi connectivity index (χ2v) is 6.32. The Balaban J connectivity index is 1.79. The smallest absolute Gasteiger partial charge is 0.0451 e. The Hall–Kier alpha value is -0.570. The van der Waals surface area contributed by atoms with E-state index in [9.17, 15) is 0 Å². The van der Waals surface area contributed by atoms with Crippen LogP contribution in [0.4, 0.5) is 0 Å². The number of hydrogen-bond donors (Lipinski definition) is 1. The molecule has 106 valence electrons. The van der Waals surface area contributed by atoms with Gasteiger partial charge < -0.3 is 10.6 Å². The third-order valence-corrected chi connectivity index (χ3v) is 4.64. The zero-order valence-corrected chi connectivity index (χ0v) is 12.6. The molecule has 0 radical (unpaired) electrons. The summed E-state index contributed by atoms with van der Waals surface area (Å²) in [6.45, 7) is 2.97. The van der Waals surface area contributed by atoms with Gasteiger partial charge in [0.25, 0.3) is 0 Å². The molecule has 0 amide bonds. The molecule has 3 heteroatoms. The molecule has 1 aliphatic carbocycles. The molecule has 0 aromatic heterocycles. The van der Waals surface area contributed by atoms with E-state index >= 15 is 0 Å². The Morgan fingerprint density at radius 2 is 1.79 bits per heavy atom. The summed E-state index contributed by atoms with van der Waals surface area (Å²) in [5, 5.41) is 0.876. The molecule has 1 saturated carbocycles. The van der Waals surface area contributed by atoms with E-state index in [1.54, 1.807) is 0 Å². The Morgan fingerprint density at radius 1 is 1.16 bits per heavy atom. The first-order valence-electron chi connectivity index (χ1n) is 7.31. The van der Waals surface area contributed by atoms with Crippen molar-refractivity contribution in [3.8, 4) is 0 Å². The minimum absolute atomic E-state index is 0.769. The first kappa shape index (κ1) is 14.8. The molecule has 1 fully saturated rings. The Morgan fingerprint density at radius 3 is 2.42 bits per heavy atom. The summed E-state index contributed by atoms with van der Waals surface area (Å²) in [6.07, 6.45) is 5.27. The predicted octanol–water partition coefficient (Wildman–Crippen LogP) is 3.54. The number of benzene rings is 1. The van der Waals surface area contributed by atoms with Crippen LogP contribution < -0.4 is 5.73 Å². The highest BCUT2D eigenvalue weighted by atomic mass is 35.5. The third-order valence-electron chi connectivity index (χ3n) is 4.27. The van der Waals surface area contributed by atoms with E-state index in [4.69, 9.17) is 17.3 Å². The molecule has 0 spiro atoms. The van der Waals surface area contributed by atoms with Crippen LogP contribution in [0, 0.1) is 11.8 Å². The monoisotopic (exact) mass is 280 g/mol. The highest BCUT2D eigenvalue weighted by Gasteiger charge is 2.21. The molecule has 0 aliphatic heterocycles. The van der Waals surface area contributed by atoms with E-state index < -0.39 is 0 Å². The van der Waals surface area contributed by atoms with E-state index in [1.165, 1.54) is 37.8 Å². The van der Waals surface area contributed by atoms with Crippen molar-refractivity contribution in [2.24, 2.45) is 17.6 Å². The largest absolute Gasteiger partial charge is 0.330 e. The van der Waals surface area contributed by atoms with Crippen molar-refractivity contribution in [2.75, 3.05) is 20.1 Å². The number of nitrogens with two attached hydrogens (primary N) is 1. The number of halogens is 1. The van der Waals surface area contributed by atoms with Crippen LogP contribution in [0.25, 0.3) is 0 Å². The molecule has 0 saturated heterocycles. The van der Waals surface area contributed by atoms with E-state index in [-0.39, 0.29) is 0 Å². The molecule has 2 nitrogen and oxygen atoms in total. The summed E-state index contributed by atoms with van der Waals surface area (Å²) < 4.78 is 0. The van der Waals surface area contributed by atoms with Gasteiger partial charge >= 0.3 is 0 Å². The Kier molecular flexibility index (Phi) is 5.68. The van der Waals surface area contributed by atoms with Gasteiger partial charge in [-0.15, -0.1) is 0 Å². The normalized spacial score (nSPS) is 23.8. The molecule has 0 bridgehead atoms. The van der Waals surface area contributed by atoms with Gasteiger partial charge in [-0.05, 0) is 62.7 Å². The fourth-order valence-electron chi connectivity index (χ4n) is 3.07. The van der Waals surface area contributed by atoms with Crippen molar-refractivity contribution in [2.45, 2.75) is 32.2 Å². The third kappa shape index (κ3) is 4.48. The van der Waals surface area contributed by atoms with Gasteiger partial charge in [-0.3, -0.25) is 0 Å². The molecule has 0 heterocycles. The standard InChI is InChI=1S/C16H25ClN2/c1-19(12-15-4-2-3-5-16(15)17)11-14-8-6-13(10-18)7-9-14/h2-5,13-14H,6-12,18H2,1H3. The first-order chi connectivity index (χ1) is 9.19. The maximum atomic E-state index is 6.21. The van der Waals surface area contributed by atoms with Crippen molar-refractivity contribution in [1.82, 2.24) is 4.90 Å². The molecule has 1 aromatic rings. The van der Waals surface area contributed by atoms with Gasteiger partial charge in [0.05, 0.1) is 0 Å². The number of hydrogen-bond acceptors (Lipinski definition) is 2. The fourth-order valence-corrected chi connectivity index (χ4v) is 3.27. The van der Waals surface area contributed by atoms with Crippen molar-refractivity contribution < 1.29 is 0 Å². The SMILES string of the molecule is CN(Cc1ccccc1Cl)CC1CCC(CN)CC1. The van der Waals surface area contributed by atoms with E-state index in [0.29, 0.717) is 0 Å². The zero-order chi connectivity index (χ0) is 13.7. The fraction of sp³-hybridized carbons (Fsp3) is 0.625. The maximum Gasteiger partial charge on any atom is 0.0451 e. The van der Waals surface area contributed by atoms with Crippen molar-refractivity contribution in [3.63, 3.8) is 0 Å². The molecule has 19 heavy (non-hydrogen) atoms. The average molecular weight is 281 g/mol. The molecule has 1 aliphatic rings. The van der Waals surface area contributed by atoms with Crippen LogP contribution in [0.5, 0.6) is 0 Å². The molecule has 2 N–H and O–H groups in total. The van der Waals surface area contributed by atoms with Gasteiger partial charge in [-0.2, -0.15) is 0 Å². The molecule has 0 unspecified atom stereocenters. The first-order valence-corrected chi connectivity index (χ1v) is 7.69. The highest BCUT2D eigenvalue weighted by Crippen LogP contribution is 2.29. The van der Waals surface area contributed by atoms with Crippen LogP contribution in [0.15, 0.2) is 24.3 Å². The minimum Gasteiger partial charge on any atom is -0.330 e. The molecule has 1 aromatic carbocycles. The lowest BCUT2D eigenvalue weighted by atomic mass is 9.82. The van der Waals surface area contributed by atoms with Gasteiger partial charge in [0.2, 0.25) is 0 Å². The van der Waals surface area contributed by atoms with Gasteiger partial charge in [-0.1, -0.05) is 29.8 Å². The van der Waals surface area contributed by atoms with Gasteiger partial charge in [0.15, 0.2) is 0 Å². The number of rotatable bonds is 5. The summed E-state index contributed by atoms with van der Waals surface area (Å²) in [7, 11) is 2.19. The van der Waals surface area contributed by atoms with Crippen LogP contribution in [-0.4, -0.2) is 25.0 Å². The Labute approximate surface area is 121 Å². The molecule has 0 atom stereocenters. The van der Waals surface area contributed by atoms with E-state index in [1.807, 2.05) is 12.1 Å². The van der Waals surface area contributed by atoms with Crippen LogP contribution >= 0.6 is 11.6 Å². The lowest BCUT2D eigenvalue weighted by Crippen LogP contribution is -2.30. The van der Waals surface area contributed by atoms with Gasteiger partial charge in [0, 0.05) is 18.1 Å². The van der Waals surface area contributed by atoms with Crippen LogP contribution in [0.3, 0.4) is 0 Å². The van der Waals surface area contributed by atoms with E-state index in [0.717, 1.165) is 29.9 Å². The van der Waals surface area contributed by atoms with Crippen molar-refractivity contribution >= 4 is 11.6 Å². The van der Waals surface area contributed by atoms with Crippen molar-refractivity contribution in [3.05, 3.63) is 34.9 Å². The lowest BCUT2D eigenvalue weighted by Gasteiger charge is -2.30. The predicted molar refractivity (Wildman–Crippen MR) is 82.3 cm³/mol. The van der Waals surface area contributed by atoms with Gasteiger partial charge in [-0.25, -0.2) is 0 Å². The maximum absolute atomic E-state index is 6.21. The van der Waals surface area contributed by atoms with Crippen molar-refractivity contribution in [1.29, 1.82) is 0 Å². The zero-order valence-electron chi connectivity index (χ0n) is 11.8. The summed E-state index contributed by atoms with van der Waals surface area (Å²) in [5.41, 5.74) is 6.97. The summed E-state index contributed by atoms with van der Waals surface area (Å²) >= 11 is 6.21. The number of nitrogens with zero attached hydrogens (tertiary/aromatic N) is 1. The lowest BCUT2D eigenvalue weighted by molar-refractivity contribution is 0.201. The second kappa shape index (κ2) is 7.28. The second-order valence-electron chi connectivity index (χ2n) is 5.91.